The van der Waals surface area contributed by atoms with Gasteiger partial charge in [-0.05, 0) is 12.1 Å². The molecule has 0 saturated heterocycles. The van der Waals surface area contributed by atoms with E-state index in [1.165, 1.54) is 0 Å². The summed E-state index contributed by atoms with van der Waals surface area (Å²) in [7, 11) is 1.65. The van der Waals surface area contributed by atoms with E-state index >= 15 is 0 Å². The van der Waals surface area contributed by atoms with E-state index in [0.29, 0.717) is 25.6 Å². The third-order valence-electron chi connectivity index (χ3n) is 2.53. The number of pyridine rings is 1. The molecule has 0 saturated carbocycles. The summed E-state index contributed by atoms with van der Waals surface area (Å²) in [4.78, 5) is 4.34. The van der Waals surface area contributed by atoms with E-state index in [1.54, 1.807) is 7.11 Å². The quantitative estimate of drug-likeness (QED) is 0.801. The van der Waals surface area contributed by atoms with Gasteiger partial charge in [-0.2, -0.15) is 0 Å². The molecule has 0 aliphatic heterocycles. The lowest BCUT2D eigenvalue weighted by Gasteiger charge is -2.07. The van der Waals surface area contributed by atoms with Crippen molar-refractivity contribution in [1.29, 1.82) is 0 Å². The van der Waals surface area contributed by atoms with Gasteiger partial charge in [-0.1, -0.05) is 18.2 Å². The van der Waals surface area contributed by atoms with Gasteiger partial charge < -0.3 is 15.2 Å². The molecule has 2 aromatic rings. The van der Waals surface area contributed by atoms with Crippen LogP contribution >= 0.6 is 0 Å². The maximum absolute atomic E-state index is 5.88. The number of ether oxygens (including phenoxy) is 2. The highest BCUT2D eigenvalue weighted by atomic mass is 16.5. The van der Waals surface area contributed by atoms with Crippen molar-refractivity contribution >= 4 is 16.7 Å². The number of nitrogens with zero attached hydrogens (tertiary/aromatic N) is 1. The number of methoxy groups -OCH3 is 1. The number of hydrogen-bond acceptors (Lipinski definition) is 4. The van der Waals surface area contributed by atoms with Crippen LogP contribution in [0.5, 0.6) is 0 Å². The molecule has 2 N–H and O–H groups in total. The van der Waals surface area contributed by atoms with E-state index in [1.807, 2.05) is 30.3 Å². The Morgan fingerprint density at radius 2 is 2.06 bits per heavy atom. The minimum Gasteiger partial charge on any atom is -0.383 e. The van der Waals surface area contributed by atoms with Crippen molar-refractivity contribution in [3.8, 4) is 0 Å². The van der Waals surface area contributed by atoms with Crippen LogP contribution in [0.25, 0.3) is 10.9 Å². The molecule has 0 aliphatic carbocycles. The van der Waals surface area contributed by atoms with Crippen LogP contribution in [0.4, 0.5) is 5.82 Å². The van der Waals surface area contributed by atoms with E-state index < -0.39 is 0 Å². The Hall–Kier alpha value is -1.65. The van der Waals surface area contributed by atoms with Crippen molar-refractivity contribution in [2.75, 3.05) is 26.1 Å². The molecule has 90 valence electrons. The molecule has 0 aliphatic rings. The molecule has 0 amide bonds. The number of aromatic nitrogens is 1. The van der Waals surface area contributed by atoms with Crippen molar-refractivity contribution in [2.24, 2.45) is 0 Å². The summed E-state index contributed by atoms with van der Waals surface area (Å²) in [6, 6.07) is 9.91. The van der Waals surface area contributed by atoms with Crippen molar-refractivity contribution in [1.82, 2.24) is 4.98 Å². The van der Waals surface area contributed by atoms with Crippen LogP contribution in [0.2, 0.25) is 0 Å². The molecular formula is C13H16N2O2. The van der Waals surface area contributed by atoms with Gasteiger partial charge in [0.15, 0.2) is 0 Å². The first kappa shape index (κ1) is 11.8. The van der Waals surface area contributed by atoms with Crippen LogP contribution in [-0.2, 0) is 16.1 Å². The van der Waals surface area contributed by atoms with Gasteiger partial charge in [-0.25, -0.2) is 4.98 Å². The van der Waals surface area contributed by atoms with Gasteiger partial charge in [0, 0.05) is 18.1 Å². The van der Waals surface area contributed by atoms with Crippen LogP contribution in [0, 0.1) is 0 Å². The van der Waals surface area contributed by atoms with Gasteiger partial charge in [-0.3, -0.25) is 0 Å². The van der Waals surface area contributed by atoms with Crippen molar-refractivity contribution in [2.45, 2.75) is 6.61 Å². The third-order valence-corrected chi connectivity index (χ3v) is 2.53. The molecule has 0 fully saturated rings. The molecular weight excluding hydrogens is 216 g/mol. The standard InChI is InChI=1S/C13H16N2O2/c1-16-6-7-17-9-11-8-10-4-2-3-5-12(10)15-13(11)14/h2-5,8H,6-7,9H2,1H3,(H2,14,15). The Morgan fingerprint density at radius 3 is 2.88 bits per heavy atom. The summed E-state index contributed by atoms with van der Waals surface area (Å²) in [5, 5.41) is 1.08. The molecule has 4 heteroatoms. The zero-order valence-corrected chi connectivity index (χ0v) is 9.85. The molecule has 2 rings (SSSR count). The zero-order valence-electron chi connectivity index (χ0n) is 9.85. The van der Waals surface area contributed by atoms with Crippen LogP contribution in [0.3, 0.4) is 0 Å². The fraction of sp³-hybridized carbons (Fsp3) is 0.308. The highest BCUT2D eigenvalue weighted by Crippen LogP contribution is 2.18. The summed E-state index contributed by atoms with van der Waals surface area (Å²) in [5.74, 6) is 0.529. The largest absolute Gasteiger partial charge is 0.383 e. The lowest BCUT2D eigenvalue weighted by atomic mass is 10.1. The van der Waals surface area contributed by atoms with Gasteiger partial charge >= 0.3 is 0 Å². The predicted molar refractivity (Wildman–Crippen MR) is 67.7 cm³/mol. The Morgan fingerprint density at radius 1 is 1.24 bits per heavy atom. The molecule has 1 aromatic carbocycles. The number of benzene rings is 1. The second-order valence-electron chi connectivity index (χ2n) is 3.77. The first-order chi connectivity index (χ1) is 8.31. The summed E-state index contributed by atoms with van der Waals surface area (Å²) in [6.07, 6.45) is 0. The molecule has 1 aromatic heterocycles. The number of nitrogen functional groups attached to an aromatic ring is 1. The Labute approximate surface area is 100 Å². The second-order valence-corrected chi connectivity index (χ2v) is 3.77. The molecule has 1 heterocycles. The minimum absolute atomic E-state index is 0.465. The SMILES string of the molecule is COCCOCc1cc2ccccc2nc1N. The molecule has 4 nitrogen and oxygen atoms in total. The van der Waals surface area contributed by atoms with Gasteiger partial charge in [0.2, 0.25) is 0 Å². The van der Waals surface area contributed by atoms with E-state index in [-0.39, 0.29) is 0 Å². The average molecular weight is 232 g/mol. The highest BCUT2D eigenvalue weighted by molar-refractivity contribution is 5.81. The third kappa shape index (κ3) is 2.93. The van der Waals surface area contributed by atoms with Crippen molar-refractivity contribution in [3.05, 3.63) is 35.9 Å². The van der Waals surface area contributed by atoms with Crippen LogP contribution in [0.1, 0.15) is 5.56 Å². The van der Waals surface area contributed by atoms with Crippen molar-refractivity contribution in [3.63, 3.8) is 0 Å². The summed E-state index contributed by atoms with van der Waals surface area (Å²) < 4.78 is 10.4. The smallest absolute Gasteiger partial charge is 0.129 e. The maximum atomic E-state index is 5.88. The molecule has 17 heavy (non-hydrogen) atoms. The predicted octanol–water partition coefficient (Wildman–Crippen LogP) is 1.98. The summed E-state index contributed by atoms with van der Waals surface area (Å²) >= 11 is 0. The average Bonchev–Trinajstić information content (AvgIpc) is 2.35. The van der Waals surface area contributed by atoms with Gasteiger partial charge in [-0.15, -0.1) is 0 Å². The fourth-order valence-electron chi connectivity index (χ4n) is 1.61. The monoisotopic (exact) mass is 232 g/mol. The highest BCUT2D eigenvalue weighted by Gasteiger charge is 2.03. The lowest BCUT2D eigenvalue weighted by molar-refractivity contribution is 0.0618. The summed E-state index contributed by atoms with van der Waals surface area (Å²) in [5.41, 5.74) is 7.70. The van der Waals surface area contributed by atoms with Crippen LogP contribution < -0.4 is 5.73 Å². The molecule has 0 unspecified atom stereocenters. The number of rotatable bonds is 5. The number of fused-ring (bicyclic) bond motifs is 1. The van der Waals surface area contributed by atoms with Gasteiger partial charge in [0.05, 0.1) is 25.3 Å². The lowest BCUT2D eigenvalue weighted by Crippen LogP contribution is -2.05. The minimum atomic E-state index is 0.465. The number of para-hydroxylation sites is 1. The normalized spacial score (nSPS) is 10.9. The van der Waals surface area contributed by atoms with E-state index in [4.69, 9.17) is 15.2 Å². The zero-order chi connectivity index (χ0) is 12.1. The van der Waals surface area contributed by atoms with Crippen LogP contribution in [-0.4, -0.2) is 25.3 Å². The number of hydrogen-bond donors (Lipinski definition) is 1. The fourth-order valence-corrected chi connectivity index (χ4v) is 1.61. The second kappa shape index (κ2) is 5.61. The summed E-state index contributed by atoms with van der Waals surface area (Å²) in [6.45, 7) is 1.61. The first-order valence-corrected chi connectivity index (χ1v) is 5.52. The Kier molecular flexibility index (Phi) is 3.90. The number of anilines is 1. The molecule has 0 atom stereocenters. The first-order valence-electron chi connectivity index (χ1n) is 5.52. The molecule has 0 bridgehead atoms. The van der Waals surface area contributed by atoms with Gasteiger partial charge in [0.25, 0.3) is 0 Å². The van der Waals surface area contributed by atoms with Gasteiger partial charge in [0.1, 0.15) is 5.82 Å². The number of nitrogens with two attached hydrogens (primary N) is 1. The molecule has 0 radical (unpaired) electrons. The van der Waals surface area contributed by atoms with Crippen LogP contribution in [0.15, 0.2) is 30.3 Å². The molecule has 0 spiro atoms. The topological polar surface area (TPSA) is 57.4 Å². The van der Waals surface area contributed by atoms with E-state index in [9.17, 15) is 0 Å². The van der Waals surface area contributed by atoms with E-state index in [2.05, 4.69) is 4.98 Å². The maximum Gasteiger partial charge on any atom is 0.129 e. The Bertz CT molecular complexity index is 500. The Balaban J connectivity index is 2.14. The van der Waals surface area contributed by atoms with E-state index in [0.717, 1.165) is 16.5 Å². The van der Waals surface area contributed by atoms with Crippen molar-refractivity contribution < 1.29 is 9.47 Å².